The van der Waals surface area contributed by atoms with Crippen LogP contribution >= 0.6 is 11.3 Å². The monoisotopic (exact) mass is 367 g/mol. The Bertz CT molecular complexity index is 904. The van der Waals surface area contributed by atoms with E-state index < -0.39 is 0 Å². The van der Waals surface area contributed by atoms with Crippen LogP contribution in [0.1, 0.15) is 29.6 Å². The Morgan fingerprint density at radius 1 is 1.27 bits per heavy atom. The molecule has 1 aromatic carbocycles. The number of nitrogens with zero attached hydrogens (tertiary/aromatic N) is 3. The molecular formula is C20H25N5S. The molecule has 3 aromatic rings. The van der Waals surface area contributed by atoms with Crippen molar-refractivity contribution >= 4 is 28.1 Å². The number of aromatic nitrogens is 2. The van der Waals surface area contributed by atoms with Crippen LogP contribution in [0.2, 0.25) is 0 Å². The molecule has 0 bridgehead atoms. The van der Waals surface area contributed by atoms with Crippen LogP contribution in [0.4, 0.5) is 0 Å². The van der Waals surface area contributed by atoms with Gasteiger partial charge in [0.15, 0.2) is 0 Å². The first-order chi connectivity index (χ1) is 12.7. The van der Waals surface area contributed by atoms with Gasteiger partial charge in [-0.25, -0.2) is 4.98 Å². The Hall–Kier alpha value is -2.18. The van der Waals surface area contributed by atoms with Crippen molar-refractivity contribution in [2.45, 2.75) is 26.3 Å². The van der Waals surface area contributed by atoms with Crippen molar-refractivity contribution in [1.29, 1.82) is 5.41 Å². The number of rotatable bonds is 5. The number of hydrogen-bond acceptors (Lipinski definition) is 4. The zero-order valence-electron chi connectivity index (χ0n) is 15.2. The van der Waals surface area contributed by atoms with Crippen LogP contribution < -0.4 is 5.32 Å². The predicted molar refractivity (Wildman–Crippen MR) is 108 cm³/mol. The van der Waals surface area contributed by atoms with Crippen LogP contribution in [-0.4, -0.2) is 46.5 Å². The van der Waals surface area contributed by atoms with E-state index in [1.165, 1.54) is 22.9 Å². The lowest BCUT2D eigenvalue weighted by molar-refractivity contribution is 0.355. The molecule has 0 saturated carbocycles. The van der Waals surface area contributed by atoms with Gasteiger partial charge in [0.05, 0.1) is 6.54 Å². The quantitative estimate of drug-likeness (QED) is 0.537. The van der Waals surface area contributed by atoms with Gasteiger partial charge in [0.2, 0.25) is 0 Å². The lowest BCUT2D eigenvalue weighted by atomic mass is 10.1. The van der Waals surface area contributed by atoms with E-state index in [0.717, 1.165) is 49.8 Å². The first-order valence-corrected chi connectivity index (χ1v) is 10.2. The fraction of sp³-hybridized carbons (Fsp3) is 0.400. The topological polar surface area (TPSA) is 56.9 Å². The number of hydrogen-bond donors (Lipinski definition) is 2. The summed E-state index contributed by atoms with van der Waals surface area (Å²) in [4.78, 5) is 6.83. The molecule has 136 valence electrons. The second-order valence-electron chi connectivity index (χ2n) is 6.80. The molecule has 0 spiro atoms. The van der Waals surface area contributed by atoms with E-state index in [2.05, 4.69) is 52.2 Å². The van der Waals surface area contributed by atoms with Crippen LogP contribution in [-0.2, 0) is 13.0 Å². The summed E-state index contributed by atoms with van der Waals surface area (Å²) in [7, 11) is 0. The van der Waals surface area contributed by atoms with Crippen molar-refractivity contribution in [3.8, 4) is 0 Å². The van der Waals surface area contributed by atoms with Crippen molar-refractivity contribution in [2.24, 2.45) is 0 Å². The zero-order chi connectivity index (χ0) is 17.9. The van der Waals surface area contributed by atoms with Crippen LogP contribution in [0.25, 0.3) is 10.9 Å². The van der Waals surface area contributed by atoms with Crippen molar-refractivity contribution in [1.82, 2.24) is 19.8 Å². The molecule has 26 heavy (non-hydrogen) atoms. The average Bonchev–Trinajstić information content (AvgIpc) is 3.30. The normalized spacial score (nSPS) is 14.9. The molecule has 0 unspecified atom stereocenters. The molecule has 2 N–H and O–H groups in total. The molecule has 5 nitrogen and oxygen atoms in total. The third-order valence-corrected chi connectivity index (χ3v) is 5.74. The minimum Gasteiger partial charge on any atom is -0.353 e. The molecule has 6 heteroatoms. The van der Waals surface area contributed by atoms with Gasteiger partial charge in [0, 0.05) is 43.3 Å². The highest BCUT2D eigenvalue weighted by molar-refractivity contribution is 7.09. The summed E-state index contributed by atoms with van der Waals surface area (Å²) in [6, 6.07) is 8.93. The average molecular weight is 368 g/mol. The summed E-state index contributed by atoms with van der Waals surface area (Å²) >= 11 is 1.64. The molecule has 2 aromatic heterocycles. The van der Waals surface area contributed by atoms with E-state index in [1.54, 1.807) is 11.3 Å². The van der Waals surface area contributed by atoms with Gasteiger partial charge in [0.1, 0.15) is 16.5 Å². The Labute approximate surface area is 158 Å². The van der Waals surface area contributed by atoms with Gasteiger partial charge in [0.25, 0.3) is 0 Å². The third kappa shape index (κ3) is 3.52. The minimum atomic E-state index is 0.551. The second-order valence-corrected chi connectivity index (χ2v) is 7.74. The fourth-order valence-electron chi connectivity index (χ4n) is 3.52. The molecule has 3 heterocycles. The number of nitrogens with one attached hydrogen (secondary N) is 2. The smallest absolute Gasteiger partial charge is 0.148 e. The summed E-state index contributed by atoms with van der Waals surface area (Å²) in [5, 5.41) is 16.1. The van der Waals surface area contributed by atoms with Gasteiger partial charge < -0.3 is 14.8 Å². The SMILES string of the molecule is CCCc1ccc2c(ccn2Cc2nc(C(=N)N3CCNCC3)cs2)c1. The minimum absolute atomic E-state index is 0.551. The van der Waals surface area contributed by atoms with Gasteiger partial charge in [-0.2, -0.15) is 0 Å². The Morgan fingerprint density at radius 3 is 2.92 bits per heavy atom. The maximum Gasteiger partial charge on any atom is 0.148 e. The van der Waals surface area contributed by atoms with Crippen LogP contribution in [0.5, 0.6) is 0 Å². The van der Waals surface area contributed by atoms with Crippen molar-refractivity contribution in [2.75, 3.05) is 26.2 Å². The largest absolute Gasteiger partial charge is 0.353 e. The Morgan fingerprint density at radius 2 is 2.12 bits per heavy atom. The number of fused-ring (bicyclic) bond motifs is 1. The van der Waals surface area contributed by atoms with Crippen LogP contribution in [0.15, 0.2) is 35.8 Å². The number of benzene rings is 1. The van der Waals surface area contributed by atoms with Crippen LogP contribution in [0.3, 0.4) is 0 Å². The van der Waals surface area contributed by atoms with E-state index in [9.17, 15) is 0 Å². The molecule has 1 saturated heterocycles. The van der Waals surface area contributed by atoms with E-state index in [0.29, 0.717) is 5.84 Å². The Kier molecular flexibility index (Phi) is 5.04. The third-order valence-electron chi connectivity index (χ3n) is 4.91. The van der Waals surface area contributed by atoms with Gasteiger partial charge >= 0.3 is 0 Å². The number of piperazine rings is 1. The number of amidine groups is 1. The maximum atomic E-state index is 8.42. The summed E-state index contributed by atoms with van der Waals surface area (Å²) in [5.74, 6) is 0.551. The highest BCUT2D eigenvalue weighted by atomic mass is 32.1. The predicted octanol–water partition coefficient (Wildman–Crippen LogP) is 3.33. The van der Waals surface area contributed by atoms with E-state index >= 15 is 0 Å². The van der Waals surface area contributed by atoms with Crippen molar-refractivity contribution < 1.29 is 0 Å². The van der Waals surface area contributed by atoms with Crippen LogP contribution in [0, 0.1) is 5.41 Å². The molecule has 1 aliphatic heterocycles. The molecule has 4 rings (SSSR count). The second kappa shape index (κ2) is 7.60. The van der Waals surface area contributed by atoms with Gasteiger partial charge in [-0.15, -0.1) is 11.3 Å². The fourth-order valence-corrected chi connectivity index (χ4v) is 4.30. The van der Waals surface area contributed by atoms with Crippen molar-refractivity contribution in [3.63, 3.8) is 0 Å². The lowest BCUT2D eigenvalue weighted by Crippen LogP contribution is -2.46. The lowest BCUT2D eigenvalue weighted by Gasteiger charge is -2.28. The van der Waals surface area contributed by atoms with Gasteiger partial charge in [-0.3, -0.25) is 5.41 Å². The van der Waals surface area contributed by atoms with Crippen molar-refractivity contribution in [3.05, 3.63) is 52.1 Å². The molecule has 0 radical (unpaired) electrons. The standard InChI is InChI=1S/C20H25N5S/c1-2-3-15-4-5-18-16(12-15)6-9-25(18)13-19-23-17(14-26-19)20(21)24-10-7-22-8-11-24/h4-6,9,12,14,21-22H,2-3,7-8,10-11,13H2,1H3. The zero-order valence-corrected chi connectivity index (χ0v) is 16.0. The first kappa shape index (κ1) is 17.2. The highest BCUT2D eigenvalue weighted by Gasteiger charge is 2.17. The Balaban J connectivity index is 1.50. The molecule has 1 aliphatic rings. The van der Waals surface area contributed by atoms with E-state index in [1.807, 2.05) is 5.38 Å². The molecular weight excluding hydrogens is 342 g/mol. The summed E-state index contributed by atoms with van der Waals surface area (Å²) < 4.78 is 2.25. The van der Waals surface area contributed by atoms with E-state index in [4.69, 9.17) is 10.4 Å². The summed E-state index contributed by atoms with van der Waals surface area (Å²) in [5.41, 5.74) is 3.45. The summed E-state index contributed by atoms with van der Waals surface area (Å²) in [6.45, 7) is 6.62. The number of thiazole rings is 1. The van der Waals surface area contributed by atoms with E-state index in [-0.39, 0.29) is 0 Å². The van der Waals surface area contributed by atoms with Gasteiger partial charge in [-0.05, 0) is 35.6 Å². The first-order valence-electron chi connectivity index (χ1n) is 9.31. The molecule has 1 fully saturated rings. The molecule has 0 amide bonds. The molecule has 0 aliphatic carbocycles. The van der Waals surface area contributed by atoms with Gasteiger partial charge in [-0.1, -0.05) is 19.4 Å². The highest BCUT2D eigenvalue weighted by Crippen LogP contribution is 2.21. The maximum absolute atomic E-state index is 8.42. The number of aryl methyl sites for hydroxylation is 1. The summed E-state index contributed by atoms with van der Waals surface area (Å²) in [6.07, 6.45) is 4.45. The molecule has 0 atom stereocenters.